The number of ether oxygens (including phenoxy) is 4. The van der Waals surface area contributed by atoms with Crippen LogP contribution in [0.2, 0.25) is 5.02 Å². The lowest BCUT2D eigenvalue weighted by Crippen LogP contribution is -2.40. The van der Waals surface area contributed by atoms with Crippen LogP contribution in [0.4, 0.5) is 0 Å². The lowest BCUT2D eigenvalue weighted by Gasteiger charge is -2.25. The van der Waals surface area contributed by atoms with Crippen LogP contribution in [-0.2, 0) is 16.1 Å². The van der Waals surface area contributed by atoms with Gasteiger partial charge in [-0.25, -0.2) is 9.79 Å². The fraction of sp³-hybridized carbons (Fsp3) is 0.265. The van der Waals surface area contributed by atoms with Gasteiger partial charge in [-0.05, 0) is 86.9 Å². The summed E-state index contributed by atoms with van der Waals surface area (Å²) >= 11 is 7.23. The molecular formula is C34H33ClN2O6S. The molecule has 0 radical (unpaired) electrons. The highest BCUT2D eigenvalue weighted by Gasteiger charge is 2.34. The molecule has 0 amide bonds. The fourth-order valence-electron chi connectivity index (χ4n) is 4.87. The van der Waals surface area contributed by atoms with E-state index >= 15 is 0 Å². The van der Waals surface area contributed by atoms with Gasteiger partial charge in [-0.15, -0.1) is 0 Å². The number of halogens is 1. The van der Waals surface area contributed by atoms with Crippen LogP contribution in [-0.4, -0.2) is 30.4 Å². The van der Waals surface area contributed by atoms with E-state index in [4.69, 9.17) is 30.5 Å². The zero-order valence-electron chi connectivity index (χ0n) is 25.1. The molecule has 1 aliphatic rings. The highest BCUT2D eigenvalue weighted by molar-refractivity contribution is 7.07. The maximum atomic E-state index is 14.0. The van der Waals surface area contributed by atoms with Crippen LogP contribution in [0.25, 0.3) is 6.08 Å². The first-order chi connectivity index (χ1) is 21.2. The van der Waals surface area contributed by atoms with Crippen molar-refractivity contribution in [2.75, 3.05) is 13.7 Å². The summed E-state index contributed by atoms with van der Waals surface area (Å²) in [4.78, 5) is 32.3. The van der Waals surface area contributed by atoms with Crippen molar-refractivity contribution in [1.29, 1.82) is 0 Å². The molecular weight excluding hydrogens is 600 g/mol. The molecule has 3 aromatic carbocycles. The van der Waals surface area contributed by atoms with E-state index in [1.54, 1.807) is 37.7 Å². The summed E-state index contributed by atoms with van der Waals surface area (Å²) in [5.74, 6) is 1.24. The number of fused-ring (bicyclic) bond motifs is 1. The third kappa shape index (κ3) is 6.74. The highest BCUT2D eigenvalue weighted by Crippen LogP contribution is 2.36. The third-order valence-electron chi connectivity index (χ3n) is 6.88. The predicted octanol–water partition coefficient (Wildman–Crippen LogP) is 5.83. The number of hydrogen-bond acceptors (Lipinski definition) is 8. The molecule has 228 valence electrons. The Morgan fingerprint density at radius 3 is 2.45 bits per heavy atom. The van der Waals surface area contributed by atoms with Crippen molar-refractivity contribution in [3.8, 4) is 17.2 Å². The van der Waals surface area contributed by atoms with Crippen molar-refractivity contribution in [2.24, 2.45) is 4.99 Å². The summed E-state index contributed by atoms with van der Waals surface area (Å²) in [6, 6.07) is 19.6. The number of hydrogen-bond donors (Lipinski definition) is 0. The van der Waals surface area contributed by atoms with E-state index in [1.165, 1.54) is 11.3 Å². The van der Waals surface area contributed by atoms with E-state index in [2.05, 4.69) is 4.99 Å². The number of methoxy groups -OCH3 is 1. The maximum Gasteiger partial charge on any atom is 0.338 e. The highest BCUT2D eigenvalue weighted by atomic mass is 35.5. The first kappa shape index (κ1) is 31.1. The Labute approximate surface area is 264 Å². The Hall–Kier alpha value is -4.34. The Balaban J connectivity index is 1.52. The number of carbonyl (C=O) groups is 1. The molecule has 10 heteroatoms. The molecule has 5 rings (SSSR count). The number of esters is 1. The predicted molar refractivity (Wildman–Crippen MR) is 171 cm³/mol. The van der Waals surface area contributed by atoms with Crippen molar-refractivity contribution < 1.29 is 23.7 Å². The SMILES string of the molecule is CCOC(=O)C1=C(C)N=c2s/c(=C\c3ccc(OCc4ccc(Cl)cc4)cc3)c(=O)n2[C@H]1c1ccc(OC(C)C)c(OC)c1. The van der Waals surface area contributed by atoms with E-state index < -0.39 is 12.0 Å². The van der Waals surface area contributed by atoms with Crippen LogP contribution < -0.4 is 29.1 Å². The molecule has 1 atom stereocenters. The molecule has 0 saturated carbocycles. The van der Waals surface area contributed by atoms with Crippen molar-refractivity contribution in [3.63, 3.8) is 0 Å². The minimum Gasteiger partial charge on any atom is -0.493 e. The van der Waals surface area contributed by atoms with Gasteiger partial charge < -0.3 is 18.9 Å². The number of rotatable bonds is 10. The number of thiazole rings is 1. The normalized spacial score (nSPS) is 14.7. The Bertz CT molecular complexity index is 1870. The first-order valence-corrected chi connectivity index (χ1v) is 15.4. The van der Waals surface area contributed by atoms with E-state index in [1.807, 2.05) is 74.5 Å². The molecule has 0 aliphatic carbocycles. The number of aromatic nitrogens is 1. The standard InChI is InChI=1S/C34H33ClN2O6S/c1-6-41-33(39)30-21(4)36-34-37(31(30)24-11-16-27(43-20(2)3)28(18-24)40-5)32(38)29(44-34)17-22-9-14-26(15-10-22)42-19-23-7-12-25(35)13-8-23/h7-18,20,31H,6,19H2,1-5H3/b29-17-/t31-/m0/s1. The van der Waals surface area contributed by atoms with Gasteiger partial charge in [0, 0.05) is 5.02 Å². The monoisotopic (exact) mass is 632 g/mol. The van der Waals surface area contributed by atoms with Gasteiger partial charge in [0.05, 0.1) is 41.7 Å². The summed E-state index contributed by atoms with van der Waals surface area (Å²) in [5, 5.41) is 0.677. The average molecular weight is 633 g/mol. The second-order valence-corrected chi connectivity index (χ2v) is 11.8. The van der Waals surface area contributed by atoms with Crippen molar-refractivity contribution in [1.82, 2.24) is 4.57 Å². The lowest BCUT2D eigenvalue weighted by atomic mass is 9.95. The zero-order valence-corrected chi connectivity index (χ0v) is 26.7. The molecule has 0 fully saturated rings. The zero-order chi connectivity index (χ0) is 31.4. The molecule has 0 N–H and O–H groups in total. The molecule has 0 bridgehead atoms. The molecule has 1 aliphatic heterocycles. The number of carbonyl (C=O) groups excluding carboxylic acids is 1. The number of nitrogens with zero attached hydrogens (tertiary/aromatic N) is 2. The smallest absolute Gasteiger partial charge is 0.338 e. The third-order valence-corrected chi connectivity index (χ3v) is 8.11. The second-order valence-electron chi connectivity index (χ2n) is 10.4. The molecule has 0 unspecified atom stereocenters. The molecule has 1 aromatic heterocycles. The van der Waals surface area contributed by atoms with Crippen LogP contribution in [0.15, 0.2) is 87.8 Å². The van der Waals surface area contributed by atoms with Crippen molar-refractivity contribution in [2.45, 2.75) is 46.4 Å². The minimum atomic E-state index is -0.766. The lowest BCUT2D eigenvalue weighted by molar-refractivity contribution is -0.139. The summed E-state index contributed by atoms with van der Waals surface area (Å²) in [6.45, 7) is 7.96. The maximum absolute atomic E-state index is 14.0. The Kier molecular flexibility index (Phi) is 9.56. The largest absolute Gasteiger partial charge is 0.493 e. The second kappa shape index (κ2) is 13.5. The van der Waals surface area contributed by atoms with Gasteiger partial charge in [-0.1, -0.05) is 53.3 Å². The van der Waals surface area contributed by atoms with E-state index in [0.717, 1.165) is 11.1 Å². The number of allylic oxidation sites excluding steroid dienone is 1. The van der Waals surface area contributed by atoms with Gasteiger partial charge in [0.1, 0.15) is 12.4 Å². The van der Waals surface area contributed by atoms with Crippen LogP contribution in [0.1, 0.15) is 50.4 Å². The molecule has 44 heavy (non-hydrogen) atoms. The van der Waals surface area contributed by atoms with Crippen LogP contribution in [0.3, 0.4) is 0 Å². The van der Waals surface area contributed by atoms with Gasteiger partial charge in [0.25, 0.3) is 5.56 Å². The average Bonchev–Trinajstić information content (AvgIpc) is 3.30. The quantitative estimate of drug-likeness (QED) is 0.205. The topological polar surface area (TPSA) is 88.4 Å². The van der Waals surface area contributed by atoms with Gasteiger partial charge >= 0.3 is 5.97 Å². The molecule has 2 heterocycles. The van der Waals surface area contributed by atoms with Crippen LogP contribution in [0, 0.1) is 0 Å². The van der Waals surface area contributed by atoms with E-state index in [0.29, 0.717) is 55.0 Å². The minimum absolute atomic E-state index is 0.0613. The molecule has 0 saturated heterocycles. The Morgan fingerprint density at radius 2 is 1.80 bits per heavy atom. The summed E-state index contributed by atoms with van der Waals surface area (Å²) < 4.78 is 24.9. The van der Waals surface area contributed by atoms with Crippen molar-refractivity contribution in [3.05, 3.63) is 119 Å². The van der Waals surface area contributed by atoms with Gasteiger partial charge in [0.15, 0.2) is 16.3 Å². The van der Waals surface area contributed by atoms with Crippen LogP contribution in [0.5, 0.6) is 17.2 Å². The Morgan fingerprint density at radius 1 is 1.07 bits per heavy atom. The van der Waals surface area contributed by atoms with Crippen molar-refractivity contribution >= 4 is 35.0 Å². The summed E-state index contributed by atoms with van der Waals surface area (Å²) in [5.41, 5.74) is 3.02. The molecule has 8 nitrogen and oxygen atoms in total. The van der Waals surface area contributed by atoms with E-state index in [9.17, 15) is 9.59 Å². The molecule has 4 aromatic rings. The summed E-state index contributed by atoms with van der Waals surface area (Å²) in [7, 11) is 1.55. The number of benzene rings is 3. The van der Waals surface area contributed by atoms with E-state index in [-0.39, 0.29) is 18.3 Å². The fourth-order valence-corrected chi connectivity index (χ4v) is 6.04. The van der Waals surface area contributed by atoms with Gasteiger partial charge in [-0.3, -0.25) is 9.36 Å². The summed E-state index contributed by atoms with van der Waals surface area (Å²) in [6.07, 6.45) is 1.75. The van der Waals surface area contributed by atoms with Crippen LogP contribution >= 0.6 is 22.9 Å². The molecule has 0 spiro atoms. The first-order valence-electron chi connectivity index (χ1n) is 14.2. The van der Waals surface area contributed by atoms with Gasteiger partial charge in [-0.2, -0.15) is 0 Å². The van der Waals surface area contributed by atoms with Gasteiger partial charge in [0.2, 0.25) is 0 Å².